The van der Waals surface area contributed by atoms with Gasteiger partial charge in [0.05, 0.1) is 25.2 Å². The Labute approximate surface area is 184 Å². The molecule has 0 amide bonds. The van der Waals surface area contributed by atoms with Crippen LogP contribution in [0.3, 0.4) is 0 Å². The smallest absolute Gasteiger partial charge is 0.316 e. The molecule has 0 aliphatic rings. The normalized spacial score (nSPS) is 10.7. The second-order valence-electron chi connectivity index (χ2n) is 6.51. The summed E-state index contributed by atoms with van der Waals surface area (Å²) < 4.78 is 32.2. The van der Waals surface area contributed by atoms with Crippen molar-refractivity contribution in [3.63, 3.8) is 0 Å². The summed E-state index contributed by atoms with van der Waals surface area (Å²) in [5.41, 5.74) is 0.280. The van der Waals surface area contributed by atoms with Gasteiger partial charge in [0.25, 0.3) is 0 Å². The highest BCUT2D eigenvalue weighted by Gasteiger charge is 2.19. The fraction of sp³-hybridized carbons (Fsp3) is 0.318. The van der Waals surface area contributed by atoms with Gasteiger partial charge in [-0.25, -0.2) is 4.39 Å². The molecule has 0 aliphatic carbocycles. The minimum atomic E-state index is -0.430. The molecule has 9 heteroatoms. The van der Waals surface area contributed by atoms with E-state index in [4.69, 9.17) is 14.2 Å². The number of rotatable bonds is 11. The van der Waals surface area contributed by atoms with E-state index in [1.54, 1.807) is 54.1 Å². The van der Waals surface area contributed by atoms with Crippen LogP contribution in [0.5, 0.6) is 11.5 Å². The van der Waals surface area contributed by atoms with Crippen molar-refractivity contribution >= 4 is 17.7 Å². The molecule has 3 aromatic rings. The van der Waals surface area contributed by atoms with E-state index in [2.05, 4.69) is 10.2 Å². The molecule has 0 aliphatic heterocycles. The lowest BCUT2D eigenvalue weighted by Crippen LogP contribution is -2.11. The number of carbonyl (C=O) groups is 1. The Balaban J connectivity index is 1.77. The van der Waals surface area contributed by atoms with Crippen molar-refractivity contribution in [2.24, 2.45) is 0 Å². The fourth-order valence-electron chi connectivity index (χ4n) is 2.68. The first-order chi connectivity index (χ1) is 15.1. The third-order valence-electron chi connectivity index (χ3n) is 4.30. The third-order valence-corrected chi connectivity index (χ3v) is 5.20. The number of thioether (sulfide) groups is 1. The van der Waals surface area contributed by atoms with Crippen LogP contribution in [0.15, 0.2) is 53.7 Å². The summed E-state index contributed by atoms with van der Waals surface area (Å²) in [6.45, 7) is 2.47. The Morgan fingerprint density at radius 1 is 1.10 bits per heavy atom. The quantitative estimate of drug-likeness (QED) is 0.246. The second-order valence-corrected chi connectivity index (χ2v) is 7.46. The van der Waals surface area contributed by atoms with Gasteiger partial charge >= 0.3 is 5.97 Å². The summed E-state index contributed by atoms with van der Waals surface area (Å²) in [7, 11) is 1.59. The lowest BCUT2D eigenvalue weighted by atomic mass is 10.3. The Hall–Kier alpha value is -3.07. The van der Waals surface area contributed by atoms with Crippen molar-refractivity contribution in [2.45, 2.75) is 31.5 Å². The Morgan fingerprint density at radius 3 is 2.55 bits per heavy atom. The van der Waals surface area contributed by atoms with E-state index in [0.717, 1.165) is 24.6 Å². The standard InChI is InChI=1S/C22H24FN3O4S/c1-3-4-13-29-21(27)15-31-22-25-24-20(26(22)19-8-6-5-7-18(19)23)14-30-17-11-9-16(28-2)10-12-17/h5-12H,3-4,13-15H2,1-2H3. The number of unbranched alkanes of at least 4 members (excludes halogenated alkanes) is 1. The molecule has 2 aromatic carbocycles. The van der Waals surface area contributed by atoms with Crippen molar-refractivity contribution in [3.05, 3.63) is 60.2 Å². The zero-order chi connectivity index (χ0) is 22.1. The Morgan fingerprint density at radius 2 is 1.84 bits per heavy atom. The predicted molar refractivity (Wildman–Crippen MR) is 115 cm³/mol. The highest BCUT2D eigenvalue weighted by molar-refractivity contribution is 7.99. The number of hydrogen-bond donors (Lipinski definition) is 0. The predicted octanol–water partition coefficient (Wildman–Crippen LogP) is 4.43. The van der Waals surface area contributed by atoms with Gasteiger partial charge in [0.1, 0.15) is 23.9 Å². The number of aromatic nitrogens is 3. The Bertz CT molecular complexity index is 995. The van der Waals surface area contributed by atoms with E-state index in [1.807, 2.05) is 6.92 Å². The number of carbonyl (C=O) groups excluding carboxylic acids is 1. The molecular formula is C22H24FN3O4S. The van der Waals surface area contributed by atoms with Gasteiger partial charge in [-0.15, -0.1) is 10.2 Å². The van der Waals surface area contributed by atoms with Crippen LogP contribution in [0.25, 0.3) is 5.69 Å². The summed E-state index contributed by atoms with van der Waals surface area (Å²) in [5.74, 6) is 1.00. The first-order valence-corrected chi connectivity index (χ1v) is 10.9. The Kier molecular flexibility index (Phi) is 8.28. The minimum absolute atomic E-state index is 0.0512. The van der Waals surface area contributed by atoms with Crippen molar-refractivity contribution in [1.29, 1.82) is 0 Å². The van der Waals surface area contributed by atoms with E-state index in [9.17, 15) is 9.18 Å². The fourth-order valence-corrected chi connectivity index (χ4v) is 3.44. The van der Waals surface area contributed by atoms with Gasteiger partial charge in [-0.2, -0.15) is 0 Å². The highest BCUT2D eigenvalue weighted by atomic mass is 32.2. The molecule has 0 saturated heterocycles. The van der Waals surface area contributed by atoms with Crippen LogP contribution < -0.4 is 9.47 Å². The van der Waals surface area contributed by atoms with E-state index in [0.29, 0.717) is 29.1 Å². The van der Waals surface area contributed by atoms with Crippen LogP contribution in [-0.4, -0.2) is 40.2 Å². The molecule has 0 fully saturated rings. The highest BCUT2D eigenvalue weighted by Crippen LogP contribution is 2.25. The molecule has 0 saturated carbocycles. The van der Waals surface area contributed by atoms with Gasteiger partial charge in [-0.05, 0) is 42.8 Å². The first-order valence-electron chi connectivity index (χ1n) is 9.86. The van der Waals surface area contributed by atoms with Crippen LogP contribution >= 0.6 is 11.8 Å². The topological polar surface area (TPSA) is 75.5 Å². The van der Waals surface area contributed by atoms with Crippen LogP contribution in [0, 0.1) is 5.82 Å². The maximum Gasteiger partial charge on any atom is 0.316 e. The van der Waals surface area contributed by atoms with Crippen molar-refractivity contribution in [2.75, 3.05) is 19.5 Å². The summed E-state index contributed by atoms with van der Waals surface area (Å²) >= 11 is 1.14. The summed E-state index contributed by atoms with van der Waals surface area (Å²) in [6, 6.07) is 13.4. The van der Waals surface area contributed by atoms with E-state index in [-0.39, 0.29) is 24.0 Å². The van der Waals surface area contributed by atoms with E-state index in [1.165, 1.54) is 6.07 Å². The lowest BCUT2D eigenvalue weighted by Gasteiger charge is -2.12. The van der Waals surface area contributed by atoms with Crippen LogP contribution in [0.4, 0.5) is 4.39 Å². The van der Waals surface area contributed by atoms with Crippen molar-refractivity contribution in [3.8, 4) is 17.2 Å². The molecule has 1 heterocycles. The van der Waals surface area contributed by atoms with Crippen molar-refractivity contribution < 1.29 is 23.4 Å². The molecule has 0 N–H and O–H groups in total. The van der Waals surface area contributed by atoms with Gasteiger partial charge in [-0.1, -0.05) is 37.2 Å². The summed E-state index contributed by atoms with van der Waals surface area (Å²) in [4.78, 5) is 12.0. The average Bonchev–Trinajstić information content (AvgIpc) is 3.19. The number of nitrogens with zero attached hydrogens (tertiary/aromatic N) is 3. The van der Waals surface area contributed by atoms with Gasteiger partial charge in [0.2, 0.25) is 0 Å². The zero-order valence-corrected chi connectivity index (χ0v) is 18.2. The molecule has 3 rings (SSSR count). The molecule has 7 nitrogen and oxygen atoms in total. The first kappa shape index (κ1) is 22.6. The molecule has 0 spiro atoms. The molecule has 1 aromatic heterocycles. The molecule has 164 valence electrons. The minimum Gasteiger partial charge on any atom is -0.497 e. The zero-order valence-electron chi connectivity index (χ0n) is 17.4. The second kappa shape index (κ2) is 11.4. The molecule has 31 heavy (non-hydrogen) atoms. The van der Waals surface area contributed by atoms with Gasteiger partial charge < -0.3 is 14.2 Å². The molecular weight excluding hydrogens is 421 g/mol. The number of halogens is 1. The lowest BCUT2D eigenvalue weighted by molar-refractivity contribution is -0.140. The number of benzene rings is 2. The molecule has 0 bridgehead atoms. The number of ether oxygens (including phenoxy) is 3. The van der Waals surface area contributed by atoms with Gasteiger partial charge in [-0.3, -0.25) is 9.36 Å². The maximum atomic E-state index is 14.5. The van der Waals surface area contributed by atoms with Crippen LogP contribution in [0.2, 0.25) is 0 Å². The summed E-state index contributed by atoms with van der Waals surface area (Å²) in [6.07, 6.45) is 1.76. The van der Waals surface area contributed by atoms with E-state index < -0.39 is 5.82 Å². The SMILES string of the molecule is CCCCOC(=O)CSc1nnc(COc2ccc(OC)cc2)n1-c1ccccc1F. The molecule has 0 unspecified atom stereocenters. The number of esters is 1. The van der Waals surface area contributed by atoms with Gasteiger partial charge in [0, 0.05) is 0 Å². The molecule has 0 atom stereocenters. The largest absolute Gasteiger partial charge is 0.497 e. The third kappa shape index (κ3) is 6.21. The maximum absolute atomic E-state index is 14.5. The number of para-hydroxylation sites is 1. The number of methoxy groups -OCH3 is 1. The van der Waals surface area contributed by atoms with E-state index >= 15 is 0 Å². The monoisotopic (exact) mass is 445 g/mol. The van der Waals surface area contributed by atoms with Crippen molar-refractivity contribution in [1.82, 2.24) is 14.8 Å². The number of hydrogen-bond acceptors (Lipinski definition) is 7. The van der Waals surface area contributed by atoms with Gasteiger partial charge in [0.15, 0.2) is 11.0 Å². The average molecular weight is 446 g/mol. The molecule has 0 radical (unpaired) electrons. The van der Waals surface area contributed by atoms with Crippen LogP contribution in [0.1, 0.15) is 25.6 Å². The summed E-state index contributed by atoms with van der Waals surface area (Å²) in [5, 5.41) is 8.68. The van der Waals surface area contributed by atoms with Crippen LogP contribution in [-0.2, 0) is 16.1 Å².